The van der Waals surface area contributed by atoms with Crippen molar-refractivity contribution in [1.82, 2.24) is 25.1 Å². The minimum Gasteiger partial charge on any atom is -0.385 e. The molecular formula is C18H23N5O2. The summed E-state index contributed by atoms with van der Waals surface area (Å²) in [6.07, 6.45) is 6.12. The Morgan fingerprint density at radius 3 is 2.80 bits per heavy atom. The number of amides is 1. The molecule has 0 unspecified atom stereocenters. The van der Waals surface area contributed by atoms with Gasteiger partial charge in [0.15, 0.2) is 0 Å². The Labute approximate surface area is 146 Å². The number of hydrogen-bond donors (Lipinski definition) is 1. The third-order valence-electron chi connectivity index (χ3n) is 5.76. The Kier molecular flexibility index (Phi) is 4.25. The number of piperidine rings is 1. The van der Waals surface area contributed by atoms with Crippen molar-refractivity contribution >= 4 is 5.91 Å². The molecule has 2 heterocycles. The summed E-state index contributed by atoms with van der Waals surface area (Å²) in [5.41, 5.74) is 0.122. The molecule has 0 spiro atoms. The van der Waals surface area contributed by atoms with Crippen LogP contribution in [0.3, 0.4) is 0 Å². The van der Waals surface area contributed by atoms with Gasteiger partial charge in [-0.1, -0.05) is 43.2 Å². The summed E-state index contributed by atoms with van der Waals surface area (Å²) in [7, 11) is 0. The maximum Gasteiger partial charge on any atom is 0.244 e. The highest BCUT2D eigenvalue weighted by Gasteiger charge is 2.50. The first-order valence-electron chi connectivity index (χ1n) is 8.96. The van der Waals surface area contributed by atoms with E-state index in [0.29, 0.717) is 13.0 Å². The topological polar surface area (TPSA) is 84.1 Å². The van der Waals surface area contributed by atoms with Crippen molar-refractivity contribution in [2.45, 2.75) is 50.3 Å². The SMILES string of the molecule is O=C(Cn1cnnn1)N1CC[C@@](O)(c2ccccc2)[C@H]2CCCC[C@@H]21. The van der Waals surface area contributed by atoms with E-state index in [1.807, 2.05) is 35.2 Å². The second kappa shape index (κ2) is 6.55. The van der Waals surface area contributed by atoms with Crippen molar-refractivity contribution in [2.75, 3.05) is 6.54 Å². The summed E-state index contributed by atoms with van der Waals surface area (Å²) in [6.45, 7) is 0.716. The zero-order valence-electron chi connectivity index (χ0n) is 14.2. The quantitative estimate of drug-likeness (QED) is 0.911. The van der Waals surface area contributed by atoms with Gasteiger partial charge in [-0.05, 0) is 35.3 Å². The van der Waals surface area contributed by atoms with Crippen LogP contribution in [0.15, 0.2) is 36.7 Å². The van der Waals surface area contributed by atoms with Crippen LogP contribution in [0, 0.1) is 5.92 Å². The predicted octanol–water partition coefficient (Wildman–Crippen LogP) is 1.35. The molecule has 0 radical (unpaired) electrons. The minimum absolute atomic E-state index is 0.0271. The largest absolute Gasteiger partial charge is 0.385 e. The van der Waals surface area contributed by atoms with E-state index in [1.165, 1.54) is 11.0 Å². The average Bonchev–Trinajstić information content (AvgIpc) is 3.16. The molecule has 1 aromatic carbocycles. The summed E-state index contributed by atoms with van der Waals surface area (Å²) < 4.78 is 1.46. The van der Waals surface area contributed by atoms with Crippen molar-refractivity contribution in [1.29, 1.82) is 0 Å². The van der Waals surface area contributed by atoms with Crippen molar-refractivity contribution in [3.8, 4) is 0 Å². The molecule has 4 rings (SSSR count). The number of fused-ring (bicyclic) bond motifs is 1. The van der Waals surface area contributed by atoms with Gasteiger partial charge in [0.25, 0.3) is 0 Å². The van der Waals surface area contributed by atoms with Crippen LogP contribution >= 0.6 is 0 Å². The average molecular weight is 341 g/mol. The third kappa shape index (κ3) is 2.93. The summed E-state index contributed by atoms with van der Waals surface area (Å²) in [6, 6.07) is 10.0. The number of rotatable bonds is 3. The molecule has 3 atom stereocenters. The van der Waals surface area contributed by atoms with E-state index in [0.717, 1.165) is 31.2 Å². The fourth-order valence-electron chi connectivity index (χ4n) is 4.56. The lowest BCUT2D eigenvalue weighted by molar-refractivity contribution is -0.155. The Morgan fingerprint density at radius 2 is 2.04 bits per heavy atom. The van der Waals surface area contributed by atoms with Gasteiger partial charge < -0.3 is 10.0 Å². The molecule has 7 heteroatoms. The molecule has 1 N–H and O–H groups in total. The fourth-order valence-corrected chi connectivity index (χ4v) is 4.56. The molecule has 25 heavy (non-hydrogen) atoms. The first-order chi connectivity index (χ1) is 12.2. The van der Waals surface area contributed by atoms with Crippen LogP contribution in [0.25, 0.3) is 0 Å². The maximum absolute atomic E-state index is 12.8. The molecule has 2 aromatic rings. The van der Waals surface area contributed by atoms with Crippen LogP contribution < -0.4 is 0 Å². The molecule has 7 nitrogen and oxygen atoms in total. The lowest BCUT2D eigenvalue weighted by Gasteiger charge is -2.52. The van der Waals surface area contributed by atoms with Gasteiger partial charge in [0, 0.05) is 18.5 Å². The summed E-state index contributed by atoms with van der Waals surface area (Å²) >= 11 is 0. The van der Waals surface area contributed by atoms with Gasteiger partial charge in [-0.2, -0.15) is 0 Å². The van der Waals surface area contributed by atoms with E-state index in [2.05, 4.69) is 15.5 Å². The smallest absolute Gasteiger partial charge is 0.244 e. The van der Waals surface area contributed by atoms with Crippen LogP contribution in [0.5, 0.6) is 0 Å². The number of benzene rings is 1. The molecule has 1 amide bonds. The third-order valence-corrected chi connectivity index (χ3v) is 5.76. The van der Waals surface area contributed by atoms with Crippen molar-refractivity contribution in [3.63, 3.8) is 0 Å². The molecule has 1 saturated carbocycles. The molecule has 1 saturated heterocycles. The molecule has 132 valence electrons. The zero-order valence-corrected chi connectivity index (χ0v) is 14.2. The number of aromatic nitrogens is 4. The molecule has 2 fully saturated rings. The van der Waals surface area contributed by atoms with Crippen molar-refractivity contribution < 1.29 is 9.90 Å². The summed E-state index contributed by atoms with van der Waals surface area (Å²) in [5.74, 6) is 0.106. The van der Waals surface area contributed by atoms with Crippen LogP contribution in [-0.2, 0) is 16.9 Å². The molecule has 2 aliphatic rings. The normalized spacial score (nSPS) is 29.2. The Hall–Kier alpha value is -2.28. The predicted molar refractivity (Wildman–Crippen MR) is 90.2 cm³/mol. The van der Waals surface area contributed by atoms with Gasteiger partial charge in [-0.25, -0.2) is 4.68 Å². The molecule has 1 aromatic heterocycles. The first kappa shape index (κ1) is 16.2. The summed E-state index contributed by atoms with van der Waals surface area (Å²) in [5, 5.41) is 22.5. The maximum atomic E-state index is 12.8. The number of carbonyl (C=O) groups excluding carboxylic acids is 1. The van der Waals surface area contributed by atoms with E-state index >= 15 is 0 Å². The van der Waals surface area contributed by atoms with Crippen LogP contribution in [0.4, 0.5) is 0 Å². The second-order valence-corrected chi connectivity index (χ2v) is 7.09. The first-order valence-corrected chi connectivity index (χ1v) is 8.96. The number of aliphatic hydroxyl groups is 1. The van der Waals surface area contributed by atoms with Crippen molar-refractivity contribution in [2.24, 2.45) is 5.92 Å². The van der Waals surface area contributed by atoms with Gasteiger partial charge in [-0.3, -0.25) is 4.79 Å². The highest BCUT2D eigenvalue weighted by atomic mass is 16.3. The Balaban J connectivity index is 1.59. The highest BCUT2D eigenvalue weighted by Crippen LogP contribution is 2.46. The zero-order chi connectivity index (χ0) is 17.3. The van der Waals surface area contributed by atoms with Gasteiger partial charge >= 0.3 is 0 Å². The van der Waals surface area contributed by atoms with Crippen LogP contribution in [-0.4, -0.2) is 48.7 Å². The van der Waals surface area contributed by atoms with Gasteiger partial charge in [0.2, 0.25) is 5.91 Å². The highest BCUT2D eigenvalue weighted by molar-refractivity contribution is 5.76. The van der Waals surface area contributed by atoms with Gasteiger partial charge in [0.1, 0.15) is 12.9 Å². The minimum atomic E-state index is -0.849. The lowest BCUT2D eigenvalue weighted by atomic mass is 9.66. The number of nitrogens with zero attached hydrogens (tertiary/aromatic N) is 5. The number of tetrazole rings is 1. The monoisotopic (exact) mass is 341 g/mol. The summed E-state index contributed by atoms with van der Waals surface area (Å²) in [4.78, 5) is 14.7. The number of carbonyl (C=O) groups is 1. The molecule has 1 aliphatic heterocycles. The van der Waals surface area contributed by atoms with Crippen LogP contribution in [0.1, 0.15) is 37.7 Å². The standard InChI is InChI=1S/C18H23N5O2/c24-17(12-22-13-19-20-21-22)23-11-10-18(25,14-6-2-1-3-7-14)15-8-4-5-9-16(15)23/h1-3,6-7,13,15-16,25H,4-5,8-12H2/t15-,16-,18+/m0/s1. The van der Waals surface area contributed by atoms with E-state index in [-0.39, 0.29) is 24.4 Å². The van der Waals surface area contributed by atoms with E-state index < -0.39 is 5.60 Å². The van der Waals surface area contributed by atoms with Crippen molar-refractivity contribution in [3.05, 3.63) is 42.2 Å². The molecule has 0 bridgehead atoms. The molecule has 1 aliphatic carbocycles. The van der Waals surface area contributed by atoms with Gasteiger partial charge in [0.05, 0.1) is 5.60 Å². The number of likely N-dealkylation sites (tertiary alicyclic amines) is 1. The second-order valence-electron chi connectivity index (χ2n) is 7.09. The lowest BCUT2D eigenvalue weighted by Crippen LogP contribution is -2.59. The Bertz CT molecular complexity index is 720. The molecular weight excluding hydrogens is 318 g/mol. The van der Waals surface area contributed by atoms with Gasteiger partial charge in [-0.15, -0.1) is 5.10 Å². The van der Waals surface area contributed by atoms with Crippen LogP contribution in [0.2, 0.25) is 0 Å². The fraction of sp³-hybridized carbons (Fsp3) is 0.556. The number of hydrogen-bond acceptors (Lipinski definition) is 5. The van der Waals surface area contributed by atoms with E-state index in [4.69, 9.17) is 0 Å². The van der Waals surface area contributed by atoms with E-state index in [1.54, 1.807) is 0 Å². The van der Waals surface area contributed by atoms with E-state index in [9.17, 15) is 9.90 Å². The Morgan fingerprint density at radius 1 is 1.24 bits per heavy atom.